The highest BCUT2D eigenvalue weighted by Gasteiger charge is 2.07. The maximum absolute atomic E-state index is 11.3. The summed E-state index contributed by atoms with van der Waals surface area (Å²) < 4.78 is 7.36. The fourth-order valence-corrected chi connectivity index (χ4v) is 2.00. The molecule has 0 bridgehead atoms. The Kier molecular flexibility index (Phi) is 5.68. The number of fused-ring (bicyclic) bond motifs is 1. The highest BCUT2D eigenvalue weighted by Crippen LogP contribution is 2.28. The van der Waals surface area contributed by atoms with Crippen LogP contribution in [0.1, 0.15) is 13.8 Å². The number of nitrogens with zero attached hydrogens (tertiary/aromatic N) is 3. The summed E-state index contributed by atoms with van der Waals surface area (Å²) in [6.45, 7) is 4.16. The minimum Gasteiger partial charge on any atom is -0.453 e. The summed E-state index contributed by atoms with van der Waals surface area (Å²) in [6.07, 6.45) is 4.97. The topological polar surface area (TPSA) is 69.0 Å². The number of ether oxygens (including phenoxy) is 1. The molecule has 2 aromatic heterocycles. The Hall–Kier alpha value is -2.89. The molecule has 0 saturated carbocycles. The molecule has 0 fully saturated rings. The van der Waals surface area contributed by atoms with Crippen molar-refractivity contribution < 1.29 is 9.53 Å². The van der Waals surface area contributed by atoms with Crippen LogP contribution in [0.5, 0.6) is 11.5 Å². The number of nitrogens with one attached hydrogen (secondary N) is 1. The van der Waals surface area contributed by atoms with Crippen LogP contribution in [0, 0.1) is 0 Å². The van der Waals surface area contributed by atoms with Gasteiger partial charge >= 0.3 is 0 Å². The average Bonchev–Trinajstić information content (AvgIpc) is 3.04. The van der Waals surface area contributed by atoms with E-state index in [1.807, 2.05) is 38.1 Å². The molecule has 0 unspecified atom stereocenters. The molecule has 1 aromatic carbocycles. The molecule has 23 heavy (non-hydrogen) atoms. The number of likely N-dealkylation sites (N-methyl/N-ethyl adjacent to an activating group) is 1. The molecule has 1 N–H and O–H groups in total. The molecule has 120 valence electrons. The third-order valence-corrected chi connectivity index (χ3v) is 3.03. The minimum absolute atomic E-state index is 0.112. The van der Waals surface area contributed by atoms with Crippen molar-refractivity contribution >= 4 is 16.8 Å². The van der Waals surface area contributed by atoms with Crippen LogP contribution in [-0.2, 0) is 11.3 Å². The molecule has 3 aromatic rings. The fourth-order valence-electron chi connectivity index (χ4n) is 2.00. The lowest BCUT2D eigenvalue weighted by Crippen LogP contribution is -2.23. The quantitative estimate of drug-likeness (QED) is 0.804. The van der Waals surface area contributed by atoms with Gasteiger partial charge in [-0.1, -0.05) is 26.0 Å². The number of amides is 1. The van der Waals surface area contributed by atoms with Crippen LogP contribution in [0.15, 0.2) is 48.9 Å². The lowest BCUT2D eigenvalue weighted by molar-refractivity contribution is -0.121. The van der Waals surface area contributed by atoms with E-state index in [0.717, 1.165) is 10.9 Å². The van der Waals surface area contributed by atoms with Crippen molar-refractivity contribution in [3.8, 4) is 11.5 Å². The summed E-state index contributed by atoms with van der Waals surface area (Å²) in [7, 11) is 1.59. The van der Waals surface area contributed by atoms with E-state index in [-0.39, 0.29) is 12.5 Å². The zero-order chi connectivity index (χ0) is 16.7. The standard InChI is InChI=1S/C15H14N4O2.C2H6/c1-16-15(20)10-19-9-11(8-18-19)21-14-6-7-17-13-5-3-2-4-12(13)14;1-2/h2-9H,10H2,1H3,(H,16,20);1-2H3. The van der Waals surface area contributed by atoms with Crippen molar-refractivity contribution in [2.75, 3.05) is 7.05 Å². The van der Waals surface area contributed by atoms with Gasteiger partial charge in [0.15, 0.2) is 5.75 Å². The molecule has 0 atom stereocenters. The van der Waals surface area contributed by atoms with E-state index in [0.29, 0.717) is 11.5 Å². The van der Waals surface area contributed by atoms with Gasteiger partial charge in [0.25, 0.3) is 0 Å². The molecule has 0 aliphatic rings. The molecular weight excluding hydrogens is 292 g/mol. The van der Waals surface area contributed by atoms with Crippen molar-refractivity contribution in [1.82, 2.24) is 20.1 Å². The van der Waals surface area contributed by atoms with E-state index in [9.17, 15) is 4.79 Å². The Morgan fingerprint density at radius 3 is 2.83 bits per heavy atom. The summed E-state index contributed by atoms with van der Waals surface area (Å²) in [5, 5.41) is 7.57. The van der Waals surface area contributed by atoms with E-state index in [1.165, 1.54) is 4.68 Å². The van der Waals surface area contributed by atoms with Crippen LogP contribution >= 0.6 is 0 Å². The highest BCUT2D eigenvalue weighted by atomic mass is 16.5. The third kappa shape index (κ3) is 4.06. The van der Waals surface area contributed by atoms with Crippen LogP contribution in [-0.4, -0.2) is 27.7 Å². The number of benzene rings is 1. The lowest BCUT2D eigenvalue weighted by Gasteiger charge is -2.06. The summed E-state index contributed by atoms with van der Waals surface area (Å²) in [5.41, 5.74) is 0.868. The van der Waals surface area contributed by atoms with E-state index < -0.39 is 0 Å². The zero-order valence-electron chi connectivity index (χ0n) is 13.5. The Bertz CT molecular complexity index is 778. The summed E-state index contributed by atoms with van der Waals surface area (Å²) >= 11 is 0. The molecule has 0 aliphatic heterocycles. The second-order valence-corrected chi connectivity index (χ2v) is 4.48. The Balaban J connectivity index is 0.000000924. The van der Waals surface area contributed by atoms with Crippen molar-refractivity contribution in [2.45, 2.75) is 20.4 Å². The van der Waals surface area contributed by atoms with Gasteiger partial charge in [-0.3, -0.25) is 14.5 Å². The number of carbonyl (C=O) groups excluding carboxylic acids is 1. The van der Waals surface area contributed by atoms with Crippen molar-refractivity contribution in [3.05, 3.63) is 48.9 Å². The van der Waals surface area contributed by atoms with E-state index in [1.54, 1.807) is 31.7 Å². The molecule has 2 heterocycles. The van der Waals surface area contributed by atoms with Gasteiger partial charge in [-0.05, 0) is 18.2 Å². The Morgan fingerprint density at radius 2 is 2.04 bits per heavy atom. The smallest absolute Gasteiger partial charge is 0.241 e. The monoisotopic (exact) mass is 312 g/mol. The number of carbonyl (C=O) groups is 1. The zero-order valence-corrected chi connectivity index (χ0v) is 13.5. The van der Waals surface area contributed by atoms with Gasteiger partial charge in [0.05, 0.1) is 17.9 Å². The maximum Gasteiger partial charge on any atom is 0.241 e. The molecule has 6 nitrogen and oxygen atoms in total. The highest BCUT2D eigenvalue weighted by molar-refractivity contribution is 5.84. The first-order valence-electron chi connectivity index (χ1n) is 7.51. The molecular formula is C17H20N4O2. The fraction of sp³-hybridized carbons (Fsp3) is 0.235. The van der Waals surface area contributed by atoms with E-state index in [4.69, 9.17) is 4.74 Å². The second-order valence-electron chi connectivity index (χ2n) is 4.48. The third-order valence-electron chi connectivity index (χ3n) is 3.03. The first kappa shape index (κ1) is 16.5. The Morgan fingerprint density at radius 1 is 1.26 bits per heavy atom. The van der Waals surface area contributed by atoms with Gasteiger partial charge in [-0.25, -0.2) is 0 Å². The normalized spacial score (nSPS) is 9.87. The average molecular weight is 312 g/mol. The molecule has 0 aliphatic carbocycles. The molecule has 0 saturated heterocycles. The largest absolute Gasteiger partial charge is 0.453 e. The summed E-state index contributed by atoms with van der Waals surface area (Å²) in [6, 6.07) is 9.55. The van der Waals surface area contributed by atoms with E-state index in [2.05, 4.69) is 15.4 Å². The van der Waals surface area contributed by atoms with Gasteiger partial charge < -0.3 is 10.1 Å². The van der Waals surface area contributed by atoms with E-state index >= 15 is 0 Å². The SMILES string of the molecule is CC.CNC(=O)Cn1cc(Oc2ccnc3ccccc23)cn1. The van der Waals surface area contributed by atoms with Crippen LogP contribution in [0.4, 0.5) is 0 Å². The number of pyridine rings is 1. The lowest BCUT2D eigenvalue weighted by atomic mass is 10.2. The van der Waals surface area contributed by atoms with Gasteiger partial charge in [-0.15, -0.1) is 0 Å². The molecule has 0 spiro atoms. The van der Waals surface area contributed by atoms with Gasteiger partial charge in [0.1, 0.15) is 12.3 Å². The molecule has 1 amide bonds. The number of hydrogen-bond donors (Lipinski definition) is 1. The number of para-hydroxylation sites is 1. The molecule has 6 heteroatoms. The molecule has 0 radical (unpaired) electrons. The number of rotatable bonds is 4. The maximum atomic E-state index is 11.3. The predicted molar refractivity (Wildman–Crippen MR) is 89.5 cm³/mol. The van der Waals surface area contributed by atoms with Crippen LogP contribution < -0.4 is 10.1 Å². The summed E-state index contributed by atoms with van der Waals surface area (Å²) in [4.78, 5) is 15.6. The predicted octanol–water partition coefficient (Wildman–Crippen LogP) is 3.00. The first-order chi connectivity index (χ1) is 11.3. The Labute approximate surface area is 135 Å². The van der Waals surface area contributed by atoms with Crippen LogP contribution in [0.25, 0.3) is 10.9 Å². The minimum atomic E-state index is -0.112. The molecule has 3 rings (SSSR count). The second kappa shape index (κ2) is 7.93. The van der Waals surface area contributed by atoms with Gasteiger partial charge in [0, 0.05) is 18.6 Å². The number of hydrogen-bond acceptors (Lipinski definition) is 4. The van der Waals surface area contributed by atoms with Crippen molar-refractivity contribution in [2.24, 2.45) is 0 Å². The van der Waals surface area contributed by atoms with Crippen LogP contribution in [0.2, 0.25) is 0 Å². The van der Waals surface area contributed by atoms with Crippen molar-refractivity contribution in [3.63, 3.8) is 0 Å². The van der Waals surface area contributed by atoms with Gasteiger partial charge in [0.2, 0.25) is 5.91 Å². The summed E-state index contributed by atoms with van der Waals surface area (Å²) in [5.74, 6) is 1.18. The van der Waals surface area contributed by atoms with Crippen molar-refractivity contribution in [1.29, 1.82) is 0 Å². The first-order valence-corrected chi connectivity index (χ1v) is 7.51. The van der Waals surface area contributed by atoms with Gasteiger partial charge in [-0.2, -0.15) is 5.10 Å². The number of aromatic nitrogens is 3. The van der Waals surface area contributed by atoms with Crippen LogP contribution in [0.3, 0.4) is 0 Å².